The van der Waals surface area contributed by atoms with Crippen molar-refractivity contribution in [1.82, 2.24) is 14.5 Å². The second kappa shape index (κ2) is 9.74. The number of anilines is 1. The van der Waals surface area contributed by atoms with Crippen molar-refractivity contribution in [3.63, 3.8) is 0 Å². The maximum atomic E-state index is 12.6. The third-order valence-corrected chi connectivity index (χ3v) is 7.65. The number of hydrogen-bond donors (Lipinski definition) is 1. The van der Waals surface area contributed by atoms with Gasteiger partial charge in [0, 0.05) is 24.2 Å². The van der Waals surface area contributed by atoms with Crippen molar-refractivity contribution in [1.29, 1.82) is 0 Å². The molecule has 4 rings (SSSR count). The molecule has 0 bridgehead atoms. The Hall–Kier alpha value is -2.86. The lowest BCUT2D eigenvalue weighted by Gasteiger charge is -2.26. The number of morpholine rings is 1. The summed E-state index contributed by atoms with van der Waals surface area (Å²) in [5, 5.41) is 11.9. The summed E-state index contributed by atoms with van der Waals surface area (Å²) in [5.74, 6) is 0.286. The zero-order chi connectivity index (χ0) is 22.6. The summed E-state index contributed by atoms with van der Waals surface area (Å²) in [6, 6.07) is 13.9. The number of amides is 1. The smallest absolute Gasteiger partial charge is 0.257 e. The van der Waals surface area contributed by atoms with Crippen LogP contribution in [0.5, 0.6) is 5.75 Å². The van der Waals surface area contributed by atoms with Crippen molar-refractivity contribution in [2.45, 2.75) is 5.75 Å². The van der Waals surface area contributed by atoms with Gasteiger partial charge in [0.05, 0.1) is 26.1 Å². The molecule has 168 valence electrons. The minimum atomic E-state index is -3.42. The predicted molar refractivity (Wildman–Crippen MR) is 121 cm³/mol. The van der Waals surface area contributed by atoms with Gasteiger partial charge in [-0.05, 0) is 42.0 Å². The zero-order valence-electron chi connectivity index (χ0n) is 17.4. The Balaban J connectivity index is 1.38. The molecule has 1 aromatic heterocycles. The lowest BCUT2D eigenvalue weighted by molar-refractivity contribution is 0.0729. The number of carbonyl (C=O) groups excluding carboxylic acids is 1. The van der Waals surface area contributed by atoms with Gasteiger partial charge in [-0.15, -0.1) is 10.2 Å². The van der Waals surface area contributed by atoms with Gasteiger partial charge in [-0.25, -0.2) is 8.42 Å². The molecular weight excluding hydrogens is 452 g/mol. The van der Waals surface area contributed by atoms with Crippen LogP contribution in [0.1, 0.15) is 15.9 Å². The molecule has 0 spiro atoms. The lowest BCUT2D eigenvalue weighted by atomic mass is 10.1. The second-order valence-corrected chi connectivity index (χ2v) is 10.0. The van der Waals surface area contributed by atoms with Gasteiger partial charge in [-0.3, -0.25) is 10.1 Å². The van der Waals surface area contributed by atoms with Crippen LogP contribution < -0.4 is 10.1 Å². The molecule has 3 aromatic rings. The number of sulfonamides is 1. The first-order valence-electron chi connectivity index (χ1n) is 9.88. The molecule has 0 unspecified atom stereocenters. The Kier molecular flexibility index (Phi) is 6.80. The van der Waals surface area contributed by atoms with Gasteiger partial charge in [-0.2, -0.15) is 4.31 Å². The van der Waals surface area contributed by atoms with E-state index in [9.17, 15) is 13.2 Å². The Morgan fingerprint density at radius 3 is 2.44 bits per heavy atom. The van der Waals surface area contributed by atoms with Crippen LogP contribution in [0.25, 0.3) is 10.6 Å². The Morgan fingerprint density at radius 2 is 1.78 bits per heavy atom. The van der Waals surface area contributed by atoms with Crippen molar-refractivity contribution in [2.75, 3.05) is 38.7 Å². The SMILES string of the molecule is COc1ccc(-c2nnc(NC(=O)c3ccc(CS(=O)(=O)N4CCOCC4)cc3)s2)cc1. The van der Waals surface area contributed by atoms with Gasteiger partial charge in [-0.1, -0.05) is 23.5 Å². The molecule has 11 heteroatoms. The summed E-state index contributed by atoms with van der Waals surface area (Å²) in [4.78, 5) is 12.6. The van der Waals surface area contributed by atoms with E-state index < -0.39 is 10.0 Å². The number of nitrogens with one attached hydrogen (secondary N) is 1. The average molecular weight is 475 g/mol. The number of benzene rings is 2. The first-order valence-corrected chi connectivity index (χ1v) is 12.3. The molecule has 9 nitrogen and oxygen atoms in total. The fourth-order valence-electron chi connectivity index (χ4n) is 3.17. The van der Waals surface area contributed by atoms with Crippen LogP contribution in [0.4, 0.5) is 5.13 Å². The number of nitrogens with zero attached hydrogens (tertiary/aromatic N) is 3. The maximum Gasteiger partial charge on any atom is 0.257 e. The fraction of sp³-hybridized carbons (Fsp3) is 0.286. The van der Waals surface area contributed by atoms with E-state index >= 15 is 0 Å². The van der Waals surface area contributed by atoms with Crippen molar-refractivity contribution in [2.24, 2.45) is 0 Å². The molecule has 1 aliphatic heterocycles. The molecule has 0 aliphatic carbocycles. The van der Waals surface area contributed by atoms with E-state index in [1.807, 2.05) is 24.3 Å². The van der Waals surface area contributed by atoms with E-state index in [0.29, 0.717) is 47.6 Å². The van der Waals surface area contributed by atoms with Gasteiger partial charge >= 0.3 is 0 Å². The Morgan fingerprint density at radius 1 is 1.09 bits per heavy atom. The third kappa shape index (κ3) is 5.30. The van der Waals surface area contributed by atoms with E-state index in [1.165, 1.54) is 15.6 Å². The minimum Gasteiger partial charge on any atom is -0.497 e. The second-order valence-electron chi connectivity index (χ2n) is 7.06. The molecule has 1 amide bonds. The van der Waals surface area contributed by atoms with Crippen molar-refractivity contribution in [3.05, 3.63) is 59.7 Å². The number of carbonyl (C=O) groups is 1. The molecule has 1 saturated heterocycles. The van der Waals surface area contributed by atoms with Crippen LogP contribution in [0.2, 0.25) is 0 Å². The van der Waals surface area contributed by atoms with Crippen LogP contribution in [-0.4, -0.2) is 62.2 Å². The lowest BCUT2D eigenvalue weighted by Crippen LogP contribution is -2.41. The third-order valence-electron chi connectivity index (χ3n) is 4.91. The first kappa shape index (κ1) is 22.3. The van der Waals surface area contributed by atoms with E-state index in [0.717, 1.165) is 11.3 Å². The maximum absolute atomic E-state index is 12.6. The van der Waals surface area contributed by atoms with Gasteiger partial charge in [0.1, 0.15) is 10.8 Å². The summed E-state index contributed by atoms with van der Waals surface area (Å²) in [6.45, 7) is 1.54. The molecule has 0 radical (unpaired) electrons. The molecule has 0 atom stereocenters. The molecule has 0 saturated carbocycles. The molecule has 1 fully saturated rings. The summed E-state index contributed by atoms with van der Waals surface area (Å²) < 4.78 is 36.9. The Bertz CT molecular complexity index is 1170. The minimum absolute atomic E-state index is 0.115. The van der Waals surface area contributed by atoms with Gasteiger partial charge < -0.3 is 9.47 Å². The monoisotopic (exact) mass is 474 g/mol. The molecule has 32 heavy (non-hydrogen) atoms. The predicted octanol–water partition coefficient (Wildman–Crippen LogP) is 2.63. The van der Waals surface area contributed by atoms with E-state index in [1.54, 1.807) is 31.4 Å². The van der Waals surface area contributed by atoms with Crippen LogP contribution in [0, 0.1) is 0 Å². The zero-order valence-corrected chi connectivity index (χ0v) is 19.0. The van der Waals surface area contributed by atoms with Crippen molar-refractivity contribution < 1.29 is 22.7 Å². The molecular formula is C21H22N4O5S2. The van der Waals surface area contributed by atoms with E-state index in [-0.39, 0.29) is 11.7 Å². The highest BCUT2D eigenvalue weighted by Crippen LogP contribution is 2.28. The summed E-state index contributed by atoms with van der Waals surface area (Å²) in [7, 11) is -1.82. The molecule has 1 N–H and O–H groups in total. The Labute approximate surface area is 190 Å². The van der Waals surface area contributed by atoms with Gasteiger partial charge in [0.15, 0.2) is 0 Å². The number of aromatic nitrogens is 2. The number of hydrogen-bond acceptors (Lipinski definition) is 8. The quantitative estimate of drug-likeness (QED) is 0.560. The van der Waals surface area contributed by atoms with Gasteiger partial charge in [0.2, 0.25) is 15.2 Å². The van der Waals surface area contributed by atoms with Crippen LogP contribution in [0.3, 0.4) is 0 Å². The number of ether oxygens (including phenoxy) is 2. The highest BCUT2D eigenvalue weighted by atomic mass is 32.2. The van der Waals surface area contributed by atoms with E-state index in [4.69, 9.17) is 9.47 Å². The summed E-state index contributed by atoms with van der Waals surface area (Å²) >= 11 is 1.26. The summed E-state index contributed by atoms with van der Waals surface area (Å²) in [6.07, 6.45) is 0. The van der Waals surface area contributed by atoms with Crippen LogP contribution >= 0.6 is 11.3 Å². The molecule has 2 heterocycles. The largest absolute Gasteiger partial charge is 0.497 e. The highest BCUT2D eigenvalue weighted by molar-refractivity contribution is 7.88. The highest BCUT2D eigenvalue weighted by Gasteiger charge is 2.24. The van der Waals surface area contributed by atoms with Crippen molar-refractivity contribution >= 4 is 32.4 Å². The normalized spacial score (nSPS) is 14.8. The fourth-order valence-corrected chi connectivity index (χ4v) is 5.42. The summed E-state index contributed by atoms with van der Waals surface area (Å²) in [5.41, 5.74) is 1.89. The standard InChI is InChI=1S/C21H22N4O5S2/c1-29-18-8-6-17(7-9-18)20-23-24-21(31-20)22-19(26)16-4-2-15(3-5-16)14-32(27,28)25-10-12-30-13-11-25/h2-9H,10-14H2,1H3,(H,22,24,26). The topological polar surface area (TPSA) is 111 Å². The molecule has 1 aliphatic rings. The van der Waals surface area contributed by atoms with Crippen LogP contribution in [0.15, 0.2) is 48.5 Å². The average Bonchev–Trinajstić information content (AvgIpc) is 3.28. The van der Waals surface area contributed by atoms with Crippen molar-refractivity contribution in [3.8, 4) is 16.3 Å². The number of methoxy groups -OCH3 is 1. The van der Waals surface area contributed by atoms with E-state index in [2.05, 4.69) is 15.5 Å². The van der Waals surface area contributed by atoms with Crippen LogP contribution in [-0.2, 0) is 20.5 Å². The van der Waals surface area contributed by atoms with Gasteiger partial charge in [0.25, 0.3) is 5.91 Å². The first-order chi connectivity index (χ1) is 15.4. The number of rotatable bonds is 7. The molecule has 2 aromatic carbocycles.